The van der Waals surface area contributed by atoms with Crippen molar-refractivity contribution in [3.8, 4) is 5.75 Å². The topological polar surface area (TPSA) is 32.7 Å². The Morgan fingerprint density at radius 2 is 2.24 bits per heavy atom. The smallest absolute Gasteiger partial charge is 0.145 e. The second-order valence-corrected chi connectivity index (χ2v) is 5.78. The van der Waals surface area contributed by atoms with Crippen LogP contribution >= 0.6 is 24.0 Å². The van der Waals surface area contributed by atoms with Gasteiger partial charge in [0, 0.05) is 11.3 Å². The number of benzene rings is 1. The van der Waals surface area contributed by atoms with Gasteiger partial charge >= 0.3 is 0 Å². The van der Waals surface area contributed by atoms with Crippen LogP contribution in [0.5, 0.6) is 5.75 Å². The first-order valence-electron chi connectivity index (χ1n) is 5.33. The van der Waals surface area contributed by atoms with Gasteiger partial charge in [0.05, 0.1) is 13.7 Å². The average molecular weight is 269 g/mol. The molecule has 1 N–H and O–H groups in total. The molecule has 0 bridgehead atoms. The fourth-order valence-corrected chi connectivity index (χ4v) is 3.20. The van der Waals surface area contributed by atoms with E-state index in [2.05, 4.69) is 0 Å². The number of hydrogen-bond donors (Lipinski definition) is 1. The van der Waals surface area contributed by atoms with E-state index in [0.29, 0.717) is 12.3 Å². The average Bonchev–Trinajstić information content (AvgIpc) is 2.57. The first kappa shape index (κ1) is 12.7. The first-order valence-corrected chi connectivity index (χ1v) is 6.72. The summed E-state index contributed by atoms with van der Waals surface area (Å²) in [5.41, 5.74) is 0.155. The Kier molecular flexibility index (Phi) is 3.61. The molecule has 0 amide bonds. The zero-order chi connectivity index (χ0) is 12.5. The maximum absolute atomic E-state index is 10.2. The highest BCUT2D eigenvalue weighted by atomic mass is 32.2. The lowest BCUT2D eigenvalue weighted by molar-refractivity contribution is -0.0273. The summed E-state index contributed by atoms with van der Waals surface area (Å²) in [5.74, 6) is 1.43. The van der Waals surface area contributed by atoms with Gasteiger partial charge in [-0.3, -0.25) is 0 Å². The molecule has 5 heteroatoms. The molecule has 0 aliphatic carbocycles. The number of methoxy groups -OCH3 is 1. The lowest BCUT2D eigenvalue weighted by Gasteiger charge is -2.31. The summed E-state index contributed by atoms with van der Waals surface area (Å²) in [6.45, 7) is 2.36. The number of rotatable bonds is 3. The lowest BCUT2D eigenvalue weighted by atomic mass is 10.1. The molecule has 1 aromatic carbocycles. The molecule has 1 aliphatic rings. The molecule has 1 fully saturated rings. The molecule has 1 saturated heterocycles. The van der Waals surface area contributed by atoms with Crippen molar-refractivity contribution in [1.29, 1.82) is 0 Å². The van der Waals surface area contributed by atoms with Crippen LogP contribution in [0, 0.1) is 0 Å². The molecule has 1 heterocycles. The van der Waals surface area contributed by atoms with Gasteiger partial charge < -0.3 is 14.7 Å². The Morgan fingerprint density at radius 3 is 2.82 bits per heavy atom. The van der Waals surface area contributed by atoms with E-state index in [-0.39, 0.29) is 0 Å². The van der Waals surface area contributed by atoms with Gasteiger partial charge in [-0.15, -0.1) is 0 Å². The molecule has 1 atom stereocenters. The third kappa shape index (κ3) is 2.56. The van der Waals surface area contributed by atoms with Crippen molar-refractivity contribution in [2.45, 2.75) is 19.2 Å². The van der Waals surface area contributed by atoms with Crippen molar-refractivity contribution in [2.24, 2.45) is 0 Å². The lowest BCUT2D eigenvalue weighted by Crippen LogP contribution is -2.43. The highest BCUT2D eigenvalue weighted by Gasteiger charge is 2.38. The molecular formula is C12H15NO2S2. The van der Waals surface area contributed by atoms with Gasteiger partial charge in [-0.1, -0.05) is 42.2 Å². The number of ether oxygens (including phenoxy) is 1. The van der Waals surface area contributed by atoms with Crippen LogP contribution in [0.2, 0.25) is 0 Å². The molecule has 1 aromatic rings. The zero-order valence-electron chi connectivity index (χ0n) is 9.84. The van der Waals surface area contributed by atoms with Gasteiger partial charge in [0.15, 0.2) is 0 Å². The number of thioether (sulfide) groups is 1. The van der Waals surface area contributed by atoms with Crippen molar-refractivity contribution < 1.29 is 9.84 Å². The van der Waals surface area contributed by atoms with Crippen LogP contribution < -0.4 is 4.74 Å². The van der Waals surface area contributed by atoms with Crippen molar-refractivity contribution in [2.75, 3.05) is 12.9 Å². The number of thiocarbonyl (C=S) groups is 1. The Labute approximate surface area is 111 Å². The summed E-state index contributed by atoms with van der Waals surface area (Å²) >= 11 is 6.77. The minimum absolute atomic E-state index is 0.572. The van der Waals surface area contributed by atoms with E-state index in [1.54, 1.807) is 14.0 Å². The highest BCUT2D eigenvalue weighted by Crippen LogP contribution is 2.33. The van der Waals surface area contributed by atoms with Crippen LogP contribution in [0.3, 0.4) is 0 Å². The molecule has 1 aliphatic heterocycles. The van der Waals surface area contributed by atoms with Crippen LogP contribution in [0.4, 0.5) is 0 Å². The quantitative estimate of drug-likeness (QED) is 0.851. The number of para-hydroxylation sites is 1. The van der Waals surface area contributed by atoms with Crippen LogP contribution in [0.15, 0.2) is 24.3 Å². The van der Waals surface area contributed by atoms with E-state index in [9.17, 15) is 5.11 Å². The molecule has 1 unspecified atom stereocenters. The molecular weight excluding hydrogens is 254 g/mol. The maximum Gasteiger partial charge on any atom is 0.145 e. The Balaban J connectivity index is 2.23. The predicted octanol–water partition coefficient (Wildman–Crippen LogP) is 2.24. The van der Waals surface area contributed by atoms with Crippen LogP contribution in [0.25, 0.3) is 0 Å². The highest BCUT2D eigenvalue weighted by molar-refractivity contribution is 8.23. The van der Waals surface area contributed by atoms with Gasteiger partial charge in [-0.2, -0.15) is 0 Å². The molecule has 2 rings (SSSR count). The zero-order valence-corrected chi connectivity index (χ0v) is 11.5. The number of aliphatic hydroxyl groups is 1. The summed E-state index contributed by atoms with van der Waals surface area (Å²) in [6.07, 6.45) is 0. The summed E-state index contributed by atoms with van der Waals surface area (Å²) < 4.78 is 6.04. The summed E-state index contributed by atoms with van der Waals surface area (Å²) in [5, 5.41) is 10.2. The van der Waals surface area contributed by atoms with E-state index in [0.717, 1.165) is 15.6 Å². The van der Waals surface area contributed by atoms with Crippen LogP contribution in [-0.2, 0) is 6.54 Å². The van der Waals surface area contributed by atoms with Gasteiger partial charge in [0.25, 0.3) is 0 Å². The summed E-state index contributed by atoms with van der Waals surface area (Å²) in [6, 6.07) is 7.78. The molecule has 0 spiro atoms. The van der Waals surface area contributed by atoms with E-state index >= 15 is 0 Å². The van der Waals surface area contributed by atoms with E-state index in [4.69, 9.17) is 17.0 Å². The third-order valence-electron chi connectivity index (χ3n) is 2.79. The van der Waals surface area contributed by atoms with Crippen molar-refractivity contribution in [3.05, 3.63) is 29.8 Å². The number of nitrogens with zero attached hydrogens (tertiary/aromatic N) is 1. The van der Waals surface area contributed by atoms with E-state index < -0.39 is 5.72 Å². The molecule has 92 valence electrons. The summed E-state index contributed by atoms with van der Waals surface area (Å²) in [7, 11) is 1.65. The fraction of sp³-hybridized carbons (Fsp3) is 0.417. The Morgan fingerprint density at radius 1 is 1.53 bits per heavy atom. The third-order valence-corrected chi connectivity index (χ3v) is 4.52. The van der Waals surface area contributed by atoms with Gasteiger partial charge in [-0.05, 0) is 13.0 Å². The Bertz CT molecular complexity index is 434. The van der Waals surface area contributed by atoms with Crippen molar-refractivity contribution >= 4 is 28.3 Å². The van der Waals surface area contributed by atoms with Crippen LogP contribution in [-0.4, -0.2) is 32.9 Å². The van der Waals surface area contributed by atoms with E-state index in [1.165, 1.54) is 11.8 Å². The van der Waals surface area contributed by atoms with Crippen molar-refractivity contribution in [3.63, 3.8) is 0 Å². The van der Waals surface area contributed by atoms with Crippen LogP contribution in [0.1, 0.15) is 12.5 Å². The minimum atomic E-state index is -0.872. The second-order valence-electron chi connectivity index (χ2n) is 4.17. The Hall–Kier alpha value is -0.780. The maximum atomic E-state index is 10.2. The van der Waals surface area contributed by atoms with Crippen molar-refractivity contribution in [1.82, 2.24) is 4.90 Å². The normalized spacial score (nSPS) is 24.2. The fourth-order valence-electron chi connectivity index (χ4n) is 1.79. The first-order chi connectivity index (χ1) is 8.04. The molecule has 17 heavy (non-hydrogen) atoms. The molecule has 0 saturated carbocycles. The molecule has 3 nitrogen and oxygen atoms in total. The standard InChI is InChI=1S/C12H15NO2S2/c1-12(14)8-17-11(16)13(12)7-9-5-3-4-6-10(9)15-2/h3-6,14H,7-8H2,1-2H3. The van der Waals surface area contributed by atoms with Gasteiger partial charge in [0.2, 0.25) is 0 Å². The second kappa shape index (κ2) is 4.84. The summed E-state index contributed by atoms with van der Waals surface area (Å²) in [4.78, 5) is 1.84. The van der Waals surface area contributed by atoms with Gasteiger partial charge in [-0.25, -0.2) is 0 Å². The minimum Gasteiger partial charge on any atom is -0.496 e. The SMILES string of the molecule is COc1ccccc1CN1C(=S)SCC1(C)O. The largest absolute Gasteiger partial charge is 0.496 e. The van der Waals surface area contributed by atoms with E-state index in [1.807, 2.05) is 29.2 Å². The predicted molar refractivity (Wildman–Crippen MR) is 74.2 cm³/mol. The van der Waals surface area contributed by atoms with Gasteiger partial charge in [0.1, 0.15) is 15.8 Å². The molecule has 0 radical (unpaired) electrons. The number of hydrogen-bond acceptors (Lipinski definition) is 4. The monoisotopic (exact) mass is 269 g/mol. The molecule has 0 aromatic heterocycles.